The van der Waals surface area contributed by atoms with Crippen molar-refractivity contribution in [3.63, 3.8) is 0 Å². The van der Waals surface area contributed by atoms with Crippen LogP contribution in [0.25, 0.3) is 5.65 Å². The lowest BCUT2D eigenvalue weighted by atomic mass is 9.91. The second-order valence-electron chi connectivity index (χ2n) is 10.8. The first kappa shape index (κ1) is 30.0. The van der Waals surface area contributed by atoms with Crippen molar-refractivity contribution in [2.24, 2.45) is 5.41 Å². The van der Waals surface area contributed by atoms with Crippen LogP contribution in [0.3, 0.4) is 0 Å². The Morgan fingerprint density at radius 2 is 2.07 bits per heavy atom. The molecule has 0 bridgehead atoms. The lowest BCUT2D eigenvalue weighted by molar-refractivity contribution is -0.119. The Morgan fingerprint density at radius 3 is 2.73 bits per heavy atom. The highest BCUT2D eigenvalue weighted by molar-refractivity contribution is 8.13. The number of thioether (sulfide) groups is 1. The van der Waals surface area contributed by atoms with Crippen molar-refractivity contribution in [2.45, 2.75) is 56.9 Å². The minimum Gasteiger partial charge on any atom is -0.395 e. The van der Waals surface area contributed by atoms with E-state index in [1.165, 1.54) is 24.0 Å². The number of anilines is 1. The average molecular weight is 611 g/mol. The topological polar surface area (TPSA) is 183 Å². The molecule has 2 aromatic heterocycles. The number of nitrogen functional groups attached to an aromatic ring is 1. The monoisotopic (exact) mass is 610 g/mol. The fraction of sp³-hybridized carbons (Fsp3) is 0.520. The van der Waals surface area contributed by atoms with E-state index in [0.717, 1.165) is 17.3 Å². The van der Waals surface area contributed by atoms with E-state index in [4.69, 9.17) is 19.5 Å². The number of aromatic nitrogens is 4. The summed E-state index contributed by atoms with van der Waals surface area (Å²) in [5.74, 6) is 0.219. The second kappa shape index (κ2) is 11.0. The van der Waals surface area contributed by atoms with Gasteiger partial charge in [-0.1, -0.05) is 42.1 Å². The number of alkyl halides is 1. The van der Waals surface area contributed by atoms with E-state index in [1.807, 2.05) is 18.2 Å². The zero-order chi connectivity index (χ0) is 29.6. The highest BCUT2D eigenvalue weighted by Crippen LogP contribution is 2.67. The summed E-state index contributed by atoms with van der Waals surface area (Å²) in [7, 11) is -4.15. The summed E-state index contributed by atoms with van der Waals surface area (Å²) in [6.45, 7) is 4.00. The van der Waals surface area contributed by atoms with E-state index in [9.17, 15) is 19.6 Å². The number of carbonyl (C=O) groups excluding carboxylic acids is 1. The molecule has 41 heavy (non-hydrogen) atoms. The van der Waals surface area contributed by atoms with Gasteiger partial charge in [0.05, 0.1) is 30.5 Å². The minimum atomic E-state index is -4.15. The van der Waals surface area contributed by atoms with Gasteiger partial charge < -0.3 is 20.7 Å². The predicted octanol–water partition coefficient (Wildman–Crippen LogP) is 2.20. The van der Waals surface area contributed by atoms with E-state index in [-0.39, 0.29) is 47.8 Å². The van der Waals surface area contributed by atoms with Crippen LogP contribution in [0.5, 0.6) is 0 Å². The molecule has 13 nitrogen and oxygen atoms in total. The molecule has 6 atom stereocenters. The highest BCUT2D eigenvalue weighted by atomic mass is 32.2. The highest BCUT2D eigenvalue weighted by Gasteiger charge is 2.85. The first-order valence-electron chi connectivity index (χ1n) is 12.8. The maximum atomic E-state index is 16.3. The lowest BCUT2D eigenvalue weighted by Gasteiger charge is -2.30. The number of aliphatic hydroxyl groups excluding tert-OH is 1. The third-order valence-corrected chi connectivity index (χ3v) is 10.1. The largest absolute Gasteiger partial charge is 0.406 e. The van der Waals surface area contributed by atoms with Crippen LogP contribution in [0.4, 0.5) is 10.2 Å². The molecule has 3 heterocycles. The van der Waals surface area contributed by atoms with E-state index >= 15 is 4.39 Å². The molecule has 0 radical (unpaired) electrons. The maximum absolute atomic E-state index is 16.3. The van der Waals surface area contributed by atoms with Crippen LogP contribution in [0.15, 0.2) is 42.9 Å². The third kappa shape index (κ3) is 5.41. The second-order valence-corrected chi connectivity index (χ2v) is 13.6. The Kier molecular flexibility index (Phi) is 8.02. The van der Waals surface area contributed by atoms with Crippen molar-refractivity contribution in [3.05, 3.63) is 54.1 Å². The smallest absolute Gasteiger partial charge is 0.395 e. The van der Waals surface area contributed by atoms with Gasteiger partial charge in [0.25, 0.3) is 0 Å². The molecule has 1 saturated carbocycles. The number of benzene rings is 1. The zero-order valence-corrected chi connectivity index (χ0v) is 24.3. The van der Waals surface area contributed by atoms with Crippen molar-refractivity contribution in [3.8, 4) is 0 Å². The van der Waals surface area contributed by atoms with Gasteiger partial charge in [-0.05, 0) is 26.3 Å². The number of halogens is 1. The van der Waals surface area contributed by atoms with Crippen LogP contribution in [0.2, 0.25) is 0 Å². The molecule has 5 rings (SSSR count). The number of fused-ring (bicyclic) bond motifs is 2. The summed E-state index contributed by atoms with van der Waals surface area (Å²) in [4.78, 5) is 20.3. The molecule has 1 aliphatic heterocycles. The van der Waals surface area contributed by atoms with Crippen LogP contribution in [-0.4, -0.2) is 77.4 Å². The standard InChI is InChI=1S/C25H32FN6O7PS/c1-23(2,13-33)22(34)41-10-9-37-40(36,31-11-15-7-5-4-6-8-15)39-19-18-25(19,35)24(3,26)17(38-18)16-12-28-21-20(27)29-14-30-32(16)21/h4-8,12,14,17-19,33,35H,9-11,13H2,1-3H3,(H,31,36)(H2,27,29,30). The number of carbonyl (C=O) groups is 1. The Bertz CT molecular complexity index is 1480. The predicted molar refractivity (Wildman–Crippen MR) is 147 cm³/mol. The van der Waals surface area contributed by atoms with E-state index in [1.54, 1.807) is 26.0 Å². The number of hydrogen-bond acceptors (Lipinski definition) is 12. The summed E-state index contributed by atoms with van der Waals surface area (Å²) >= 11 is 0.924. The number of nitrogens with one attached hydrogen (secondary N) is 1. The van der Waals surface area contributed by atoms with Gasteiger partial charge in [-0.25, -0.2) is 28.5 Å². The molecule has 2 fully saturated rings. The molecule has 3 aromatic rings. The van der Waals surface area contributed by atoms with Gasteiger partial charge in [-0.2, -0.15) is 5.10 Å². The normalized spacial score (nSPS) is 28.9. The average Bonchev–Trinajstić information content (AvgIpc) is 3.21. The summed E-state index contributed by atoms with van der Waals surface area (Å²) in [6.07, 6.45) is -1.22. The molecule has 222 valence electrons. The van der Waals surface area contributed by atoms with Gasteiger partial charge in [-0.3, -0.25) is 13.8 Å². The number of hydrogen-bond donors (Lipinski definition) is 4. The van der Waals surface area contributed by atoms with Crippen LogP contribution in [0, 0.1) is 5.41 Å². The van der Waals surface area contributed by atoms with Gasteiger partial charge >= 0.3 is 7.75 Å². The molecule has 1 aromatic carbocycles. The molecule has 0 amide bonds. The quantitative estimate of drug-likeness (QED) is 0.173. The number of imidazole rings is 1. The zero-order valence-electron chi connectivity index (χ0n) is 22.6. The van der Waals surface area contributed by atoms with Crippen molar-refractivity contribution >= 4 is 36.1 Å². The third-order valence-electron chi connectivity index (χ3n) is 7.32. The molecular formula is C25H32FN6O7PS. The molecule has 5 N–H and O–H groups in total. The molecule has 16 heteroatoms. The summed E-state index contributed by atoms with van der Waals surface area (Å²) < 4.78 is 48.7. The van der Waals surface area contributed by atoms with Gasteiger partial charge in [0, 0.05) is 12.3 Å². The minimum absolute atomic E-state index is 0.0941. The lowest BCUT2D eigenvalue weighted by Crippen LogP contribution is -2.43. The van der Waals surface area contributed by atoms with Crippen molar-refractivity contribution < 1.29 is 37.7 Å². The fourth-order valence-corrected chi connectivity index (χ4v) is 7.08. The maximum Gasteiger partial charge on any atom is 0.406 e. The van der Waals surface area contributed by atoms with E-state index in [2.05, 4.69) is 20.2 Å². The van der Waals surface area contributed by atoms with Crippen molar-refractivity contribution in [2.75, 3.05) is 24.7 Å². The van der Waals surface area contributed by atoms with E-state index in [0.29, 0.717) is 0 Å². The van der Waals surface area contributed by atoms with Gasteiger partial charge in [0.1, 0.15) is 24.6 Å². The van der Waals surface area contributed by atoms with Gasteiger partial charge in [0.2, 0.25) is 0 Å². The van der Waals surface area contributed by atoms with E-state index < -0.39 is 42.7 Å². The van der Waals surface area contributed by atoms with Crippen LogP contribution in [0.1, 0.15) is 38.1 Å². The molecule has 0 spiro atoms. The number of ether oxygens (including phenoxy) is 1. The number of nitrogens with zero attached hydrogens (tertiary/aromatic N) is 4. The summed E-state index contributed by atoms with van der Waals surface area (Å²) in [5, 5.41) is 27.3. The molecule has 6 unspecified atom stereocenters. The summed E-state index contributed by atoms with van der Waals surface area (Å²) in [5.41, 5.74) is 1.55. The molecule has 2 aliphatic rings. The van der Waals surface area contributed by atoms with Crippen molar-refractivity contribution in [1.29, 1.82) is 0 Å². The van der Waals surface area contributed by atoms with Crippen molar-refractivity contribution in [1.82, 2.24) is 24.7 Å². The number of rotatable bonds is 12. The summed E-state index contributed by atoms with van der Waals surface area (Å²) in [6, 6.07) is 9.06. The van der Waals surface area contributed by atoms with Crippen LogP contribution < -0.4 is 10.8 Å². The number of nitrogens with two attached hydrogens (primary N) is 1. The first-order chi connectivity index (χ1) is 19.3. The molecule has 1 saturated heterocycles. The Balaban J connectivity index is 1.29. The SMILES string of the molecule is CC(C)(CO)C(=O)SCCOP(=O)(NCc1ccccc1)OC1C2OC(c3cnc4c(N)ncnn34)C(C)(F)C21O. The first-order valence-corrected chi connectivity index (χ1v) is 15.4. The van der Waals surface area contributed by atoms with Gasteiger partial charge in [-0.15, -0.1) is 0 Å². The van der Waals surface area contributed by atoms with Crippen LogP contribution >= 0.6 is 19.5 Å². The Morgan fingerprint density at radius 1 is 1.34 bits per heavy atom. The van der Waals surface area contributed by atoms with Crippen LogP contribution in [-0.2, 0) is 29.7 Å². The Hall–Kier alpha value is -2.49. The fourth-order valence-electron chi connectivity index (χ4n) is 4.64. The molecule has 1 aliphatic carbocycles. The Labute approximate surface area is 239 Å². The number of aliphatic hydroxyl groups is 2. The van der Waals surface area contributed by atoms with Gasteiger partial charge in [0.15, 0.2) is 27.9 Å². The molecular weight excluding hydrogens is 578 g/mol.